The number of rotatable bonds is 5. The fourth-order valence-corrected chi connectivity index (χ4v) is 1.89. The zero-order valence-corrected chi connectivity index (χ0v) is 10.00. The van der Waals surface area contributed by atoms with Crippen molar-refractivity contribution in [3.63, 3.8) is 0 Å². The van der Waals surface area contributed by atoms with E-state index < -0.39 is 0 Å². The monoisotopic (exact) mass is 267 g/mol. The predicted molar refractivity (Wildman–Crippen MR) is 64.7 cm³/mol. The summed E-state index contributed by atoms with van der Waals surface area (Å²) in [5, 5.41) is 0. The number of nitrogens with zero attached hydrogens (tertiary/aromatic N) is 1. The van der Waals surface area contributed by atoms with Crippen LogP contribution in [-0.4, -0.2) is 4.98 Å². The normalized spacial score (nSPS) is 12.1. The highest BCUT2D eigenvalue weighted by molar-refractivity contribution is 9.10. The first kappa shape index (κ1) is 12.2. The number of aromatic nitrogens is 1. The lowest BCUT2D eigenvalue weighted by molar-refractivity contribution is 0.489. The Morgan fingerprint density at radius 1 is 1.67 bits per heavy atom. The Morgan fingerprint density at radius 3 is 3.07 bits per heavy atom. The van der Waals surface area contributed by atoms with E-state index in [2.05, 4.69) is 32.3 Å². The second kappa shape index (κ2) is 6.57. The summed E-state index contributed by atoms with van der Waals surface area (Å²) in [7, 11) is 0. The van der Waals surface area contributed by atoms with E-state index in [1.54, 1.807) is 6.20 Å². The topological polar surface area (TPSA) is 50.9 Å². The summed E-state index contributed by atoms with van der Waals surface area (Å²) in [6.45, 7) is 0. The van der Waals surface area contributed by atoms with Gasteiger partial charge in [0.1, 0.15) is 0 Å². The number of hydrogen-bond acceptors (Lipinski definition) is 3. The largest absolute Gasteiger partial charge is 0.271 e. The highest BCUT2D eigenvalue weighted by atomic mass is 79.9. The van der Waals surface area contributed by atoms with E-state index >= 15 is 0 Å². The van der Waals surface area contributed by atoms with Crippen LogP contribution in [0.4, 0.5) is 0 Å². The quantitative estimate of drug-likeness (QED) is 0.372. The van der Waals surface area contributed by atoms with Gasteiger partial charge in [-0.05, 0) is 40.9 Å². The number of hydrazine groups is 1. The Bertz CT molecular complexity index is 346. The van der Waals surface area contributed by atoms with Gasteiger partial charge in [-0.1, -0.05) is 0 Å². The number of pyridine rings is 1. The second-order valence-corrected chi connectivity index (χ2v) is 4.04. The third-order valence-corrected chi connectivity index (χ3v) is 2.80. The highest BCUT2D eigenvalue weighted by Gasteiger charge is 2.13. The molecule has 15 heavy (non-hydrogen) atoms. The summed E-state index contributed by atoms with van der Waals surface area (Å²) in [5.41, 5.74) is 3.68. The number of terminal acetylenes is 1. The van der Waals surface area contributed by atoms with Gasteiger partial charge in [0.15, 0.2) is 0 Å². The van der Waals surface area contributed by atoms with Gasteiger partial charge in [-0.25, -0.2) is 0 Å². The smallest absolute Gasteiger partial charge is 0.0728 e. The first-order valence-electron chi connectivity index (χ1n) is 4.79. The summed E-state index contributed by atoms with van der Waals surface area (Å²) < 4.78 is 0.966. The number of halogens is 1. The van der Waals surface area contributed by atoms with Crippen LogP contribution in [0.1, 0.15) is 31.0 Å². The minimum absolute atomic E-state index is 0.0499. The Morgan fingerprint density at radius 2 is 2.47 bits per heavy atom. The van der Waals surface area contributed by atoms with Crippen LogP contribution >= 0.6 is 15.9 Å². The molecule has 0 saturated carbocycles. The molecule has 1 unspecified atom stereocenters. The number of nitrogens with one attached hydrogen (secondary N) is 1. The molecule has 1 aromatic rings. The maximum absolute atomic E-state index is 5.49. The van der Waals surface area contributed by atoms with Crippen molar-refractivity contribution in [2.45, 2.75) is 25.3 Å². The molecule has 0 radical (unpaired) electrons. The standard InChI is InChI=1S/C11H14BrN3/c1-2-3-4-7-10(15-13)11-9(12)6-5-8-14-11/h1,5-6,8,10,15H,3-4,7,13H2. The lowest BCUT2D eigenvalue weighted by Crippen LogP contribution is -2.28. The Labute approximate surface area is 98.6 Å². The van der Waals surface area contributed by atoms with Crippen LogP contribution in [0, 0.1) is 12.3 Å². The molecule has 80 valence electrons. The van der Waals surface area contributed by atoms with Crippen molar-refractivity contribution in [2.24, 2.45) is 5.84 Å². The molecule has 0 bridgehead atoms. The molecular weight excluding hydrogens is 254 g/mol. The van der Waals surface area contributed by atoms with Gasteiger partial charge in [-0.15, -0.1) is 12.3 Å². The van der Waals surface area contributed by atoms with E-state index in [-0.39, 0.29) is 6.04 Å². The average Bonchev–Trinajstić information content (AvgIpc) is 2.26. The van der Waals surface area contributed by atoms with Crippen LogP contribution in [-0.2, 0) is 0 Å². The zero-order valence-electron chi connectivity index (χ0n) is 8.41. The maximum atomic E-state index is 5.49. The molecule has 1 aromatic heterocycles. The molecule has 3 N–H and O–H groups in total. The molecular formula is C11H14BrN3. The van der Waals surface area contributed by atoms with E-state index in [0.717, 1.165) is 29.4 Å². The molecule has 0 amide bonds. The van der Waals surface area contributed by atoms with E-state index in [1.807, 2.05) is 12.1 Å². The molecule has 1 rings (SSSR count). The fourth-order valence-electron chi connectivity index (χ4n) is 1.36. The molecule has 0 fully saturated rings. The van der Waals surface area contributed by atoms with Gasteiger partial charge in [-0.3, -0.25) is 16.3 Å². The van der Waals surface area contributed by atoms with Gasteiger partial charge in [0.2, 0.25) is 0 Å². The van der Waals surface area contributed by atoms with Gasteiger partial charge in [0, 0.05) is 17.1 Å². The molecule has 4 heteroatoms. The zero-order chi connectivity index (χ0) is 11.1. The molecule has 0 aliphatic heterocycles. The van der Waals surface area contributed by atoms with E-state index in [9.17, 15) is 0 Å². The molecule has 1 heterocycles. The van der Waals surface area contributed by atoms with Gasteiger partial charge in [0.05, 0.1) is 11.7 Å². The number of hydrogen-bond donors (Lipinski definition) is 2. The molecule has 0 aliphatic rings. The SMILES string of the molecule is C#CCCCC(NN)c1ncccc1Br. The Balaban J connectivity index is 2.66. The van der Waals surface area contributed by atoms with Crippen LogP contribution in [0.15, 0.2) is 22.8 Å². The van der Waals surface area contributed by atoms with E-state index in [1.165, 1.54) is 0 Å². The first-order chi connectivity index (χ1) is 7.29. The third-order valence-electron chi connectivity index (χ3n) is 2.13. The molecule has 0 saturated heterocycles. The molecule has 1 atom stereocenters. The number of nitrogens with two attached hydrogens (primary N) is 1. The summed E-state index contributed by atoms with van der Waals surface area (Å²) >= 11 is 3.45. The molecule has 0 aliphatic carbocycles. The Kier molecular flexibility index (Phi) is 5.33. The van der Waals surface area contributed by atoms with Gasteiger partial charge < -0.3 is 0 Å². The molecule has 0 spiro atoms. The maximum Gasteiger partial charge on any atom is 0.0728 e. The summed E-state index contributed by atoms with van der Waals surface area (Å²) in [5.74, 6) is 8.11. The van der Waals surface area contributed by atoms with Crippen LogP contribution in [0.3, 0.4) is 0 Å². The minimum Gasteiger partial charge on any atom is -0.271 e. The van der Waals surface area contributed by atoms with Crippen molar-refractivity contribution in [2.75, 3.05) is 0 Å². The van der Waals surface area contributed by atoms with Crippen molar-refractivity contribution in [3.8, 4) is 12.3 Å². The second-order valence-electron chi connectivity index (χ2n) is 3.19. The van der Waals surface area contributed by atoms with E-state index in [0.29, 0.717) is 0 Å². The minimum atomic E-state index is 0.0499. The fraction of sp³-hybridized carbons (Fsp3) is 0.364. The van der Waals surface area contributed by atoms with E-state index in [4.69, 9.17) is 12.3 Å². The average molecular weight is 268 g/mol. The van der Waals surface area contributed by atoms with Crippen LogP contribution in [0.25, 0.3) is 0 Å². The van der Waals surface area contributed by atoms with Crippen molar-refractivity contribution in [1.82, 2.24) is 10.4 Å². The van der Waals surface area contributed by atoms with Crippen molar-refractivity contribution < 1.29 is 0 Å². The highest BCUT2D eigenvalue weighted by Crippen LogP contribution is 2.23. The van der Waals surface area contributed by atoms with Crippen molar-refractivity contribution in [1.29, 1.82) is 0 Å². The first-order valence-corrected chi connectivity index (χ1v) is 5.59. The lowest BCUT2D eigenvalue weighted by atomic mass is 10.1. The summed E-state index contributed by atoms with van der Waals surface area (Å²) in [6.07, 6.45) is 9.54. The molecule has 0 aromatic carbocycles. The van der Waals surface area contributed by atoms with Gasteiger partial charge in [0.25, 0.3) is 0 Å². The Hall–Kier alpha value is -0.890. The summed E-state index contributed by atoms with van der Waals surface area (Å²) in [4.78, 5) is 4.29. The van der Waals surface area contributed by atoms with Crippen molar-refractivity contribution >= 4 is 15.9 Å². The van der Waals surface area contributed by atoms with Gasteiger partial charge in [-0.2, -0.15) is 0 Å². The third kappa shape index (κ3) is 3.63. The molecule has 3 nitrogen and oxygen atoms in total. The van der Waals surface area contributed by atoms with Crippen molar-refractivity contribution in [3.05, 3.63) is 28.5 Å². The van der Waals surface area contributed by atoms with Crippen LogP contribution in [0.5, 0.6) is 0 Å². The van der Waals surface area contributed by atoms with Crippen LogP contribution in [0.2, 0.25) is 0 Å². The van der Waals surface area contributed by atoms with Crippen LogP contribution < -0.4 is 11.3 Å². The number of unbranched alkanes of at least 4 members (excludes halogenated alkanes) is 1. The predicted octanol–water partition coefficient (Wildman–Crippen LogP) is 2.15. The van der Waals surface area contributed by atoms with Gasteiger partial charge >= 0.3 is 0 Å². The lowest BCUT2D eigenvalue weighted by Gasteiger charge is -2.15. The summed E-state index contributed by atoms with van der Waals surface area (Å²) in [6, 6.07) is 3.88.